The molecule has 0 radical (unpaired) electrons. The standard InChI is InChI=1S/C27H33F2NO3/c1-26-11-9-19(33-25(31)32-16-24(28)29)14-18(26)5-6-20-22-8-7-21(17-4-3-13-30-15-17)27(22,2)12-10-23(20)26/h3-5,7,13,15,19-20,22-24H,6,8-12,14,16H2,1-2H3/t19-,20-,22-,23-,26-,27+/m0/s1. The van der Waals surface area contributed by atoms with E-state index >= 15 is 0 Å². The van der Waals surface area contributed by atoms with Gasteiger partial charge in [0.1, 0.15) is 6.10 Å². The van der Waals surface area contributed by atoms with Crippen LogP contribution in [0.25, 0.3) is 5.57 Å². The van der Waals surface area contributed by atoms with Crippen molar-refractivity contribution in [3.63, 3.8) is 0 Å². The second kappa shape index (κ2) is 8.52. The summed E-state index contributed by atoms with van der Waals surface area (Å²) in [6, 6.07) is 4.21. The van der Waals surface area contributed by atoms with Crippen molar-refractivity contribution in [2.75, 3.05) is 6.61 Å². The molecule has 0 spiro atoms. The molecule has 178 valence electrons. The van der Waals surface area contributed by atoms with Crippen LogP contribution in [0.4, 0.5) is 13.6 Å². The molecule has 0 aliphatic heterocycles. The molecule has 0 unspecified atom stereocenters. The van der Waals surface area contributed by atoms with Crippen LogP contribution < -0.4 is 0 Å². The van der Waals surface area contributed by atoms with E-state index < -0.39 is 19.2 Å². The summed E-state index contributed by atoms with van der Waals surface area (Å²) in [5.41, 5.74) is 4.42. The summed E-state index contributed by atoms with van der Waals surface area (Å²) in [5.74, 6) is 1.92. The van der Waals surface area contributed by atoms with Crippen molar-refractivity contribution in [3.8, 4) is 0 Å². The van der Waals surface area contributed by atoms with Crippen molar-refractivity contribution < 1.29 is 23.0 Å². The molecule has 1 aromatic rings. The van der Waals surface area contributed by atoms with Gasteiger partial charge in [0.25, 0.3) is 6.43 Å². The van der Waals surface area contributed by atoms with E-state index in [9.17, 15) is 13.6 Å². The molecule has 0 bridgehead atoms. The molecule has 6 heteroatoms. The Morgan fingerprint density at radius 1 is 1.15 bits per heavy atom. The second-order valence-electron chi connectivity index (χ2n) is 10.7. The Morgan fingerprint density at radius 2 is 1.97 bits per heavy atom. The molecule has 33 heavy (non-hydrogen) atoms. The molecule has 0 aromatic carbocycles. The number of ether oxygens (including phenoxy) is 2. The van der Waals surface area contributed by atoms with Gasteiger partial charge in [-0.2, -0.15) is 0 Å². The Hall–Kier alpha value is -2.24. The Morgan fingerprint density at radius 3 is 2.73 bits per heavy atom. The van der Waals surface area contributed by atoms with E-state index in [0.29, 0.717) is 24.2 Å². The first-order valence-electron chi connectivity index (χ1n) is 12.2. The Kier molecular flexibility index (Phi) is 5.82. The zero-order valence-electron chi connectivity index (χ0n) is 19.4. The Labute approximate surface area is 194 Å². The molecule has 2 saturated carbocycles. The zero-order valence-corrected chi connectivity index (χ0v) is 19.4. The van der Waals surface area contributed by atoms with Crippen LogP contribution >= 0.6 is 0 Å². The predicted octanol–water partition coefficient (Wildman–Crippen LogP) is 6.82. The van der Waals surface area contributed by atoms with Gasteiger partial charge in [-0.05, 0) is 84.3 Å². The normalized spacial score (nSPS) is 37.4. The van der Waals surface area contributed by atoms with Gasteiger partial charge in [-0.3, -0.25) is 4.98 Å². The molecule has 4 aliphatic carbocycles. The molecule has 0 amide bonds. The van der Waals surface area contributed by atoms with Crippen LogP contribution in [0.3, 0.4) is 0 Å². The maximum atomic E-state index is 12.3. The number of hydrogen-bond donors (Lipinski definition) is 0. The molecule has 1 aromatic heterocycles. The first-order chi connectivity index (χ1) is 15.8. The Balaban J connectivity index is 1.30. The highest BCUT2D eigenvalue weighted by molar-refractivity contribution is 5.72. The van der Waals surface area contributed by atoms with E-state index in [-0.39, 0.29) is 16.9 Å². The fourth-order valence-corrected chi connectivity index (χ4v) is 7.57. The number of halogens is 2. The number of rotatable bonds is 4. The van der Waals surface area contributed by atoms with Crippen LogP contribution in [0.2, 0.25) is 0 Å². The minimum absolute atomic E-state index is 0.119. The van der Waals surface area contributed by atoms with Crippen molar-refractivity contribution in [1.29, 1.82) is 0 Å². The van der Waals surface area contributed by atoms with Crippen LogP contribution in [0.1, 0.15) is 64.4 Å². The van der Waals surface area contributed by atoms with E-state index in [0.717, 1.165) is 25.7 Å². The molecule has 4 nitrogen and oxygen atoms in total. The molecule has 2 fully saturated rings. The monoisotopic (exact) mass is 457 g/mol. The smallest absolute Gasteiger partial charge is 0.431 e. The highest BCUT2D eigenvalue weighted by atomic mass is 19.3. The lowest BCUT2D eigenvalue weighted by molar-refractivity contribution is -0.0432. The summed E-state index contributed by atoms with van der Waals surface area (Å²) in [5, 5.41) is 0. The fraction of sp³-hybridized carbons (Fsp3) is 0.630. The lowest BCUT2D eigenvalue weighted by atomic mass is 9.47. The summed E-state index contributed by atoms with van der Waals surface area (Å²) in [6.45, 7) is 3.94. The van der Waals surface area contributed by atoms with E-state index in [1.807, 2.05) is 18.5 Å². The Bertz CT molecular complexity index is 961. The topological polar surface area (TPSA) is 48.4 Å². The second-order valence-corrected chi connectivity index (χ2v) is 10.7. The van der Waals surface area contributed by atoms with E-state index in [4.69, 9.17) is 4.74 Å². The summed E-state index contributed by atoms with van der Waals surface area (Å²) in [4.78, 5) is 16.1. The van der Waals surface area contributed by atoms with Crippen molar-refractivity contribution in [1.82, 2.24) is 4.98 Å². The highest BCUT2D eigenvalue weighted by Crippen LogP contribution is 2.66. The lowest BCUT2D eigenvalue weighted by Gasteiger charge is -2.57. The van der Waals surface area contributed by atoms with Crippen LogP contribution in [0.5, 0.6) is 0 Å². The largest absolute Gasteiger partial charge is 0.508 e. The lowest BCUT2D eigenvalue weighted by Crippen LogP contribution is -2.50. The van der Waals surface area contributed by atoms with Gasteiger partial charge in [-0.15, -0.1) is 0 Å². The van der Waals surface area contributed by atoms with Crippen molar-refractivity contribution in [2.24, 2.45) is 28.6 Å². The molecule has 5 rings (SSSR count). The number of carbonyl (C=O) groups is 1. The number of alkyl halides is 2. The number of pyridine rings is 1. The number of fused-ring (bicyclic) bond motifs is 5. The maximum absolute atomic E-state index is 12.3. The molecular formula is C27H33F2NO3. The van der Waals surface area contributed by atoms with Gasteiger partial charge >= 0.3 is 6.16 Å². The first-order valence-corrected chi connectivity index (χ1v) is 12.2. The third-order valence-electron chi connectivity index (χ3n) is 9.20. The molecular weight excluding hydrogens is 424 g/mol. The van der Waals surface area contributed by atoms with Crippen molar-refractivity contribution in [3.05, 3.63) is 47.8 Å². The third kappa shape index (κ3) is 3.89. The van der Waals surface area contributed by atoms with E-state index in [1.165, 1.54) is 29.6 Å². The summed E-state index contributed by atoms with van der Waals surface area (Å²) < 4.78 is 34.5. The van der Waals surface area contributed by atoms with Gasteiger partial charge in [-0.1, -0.05) is 37.6 Å². The minimum atomic E-state index is -2.68. The van der Waals surface area contributed by atoms with Crippen LogP contribution in [0.15, 0.2) is 42.3 Å². The maximum Gasteiger partial charge on any atom is 0.508 e. The SMILES string of the molecule is C[C@]12CC[C@H](OC(=O)OCC(F)F)CC1=CC[C@@H]1[C@@H]2CC[C@]2(C)C(c3cccnc3)=CC[C@@H]12. The number of nitrogens with zero attached hydrogens (tertiary/aromatic N) is 1. The van der Waals surface area contributed by atoms with E-state index in [2.05, 4.69) is 41.8 Å². The summed E-state index contributed by atoms with van der Waals surface area (Å²) in [7, 11) is 0. The van der Waals surface area contributed by atoms with Gasteiger partial charge in [0, 0.05) is 18.8 Å². The fourth-order valence-electron chi connectivity index (χ4n) is 7.57. The van der Waals surface area contributed by atoms with Gasteiger partial charge in [0.15, 0.2) is 6.61 Å². The summed E-state index contributed by atoms with van der Waals surface area (Å²) in [6.07, 6.45) is 11.7. The average Bonchev–Trinajstić information content (AvgIpc) is 3.16. The average molecular weight is 458 g/mol. The number of aromatic nitrogens is 1. The number of allylic oxidation sites excluding steroid dienone is 3. The zero-order chi connectivity index (χ0) is 23.2. The third-order valence-corrected chi connectivity index (χ3v) is 9.20. The molecule has 4 aliphatic rings. The van der Waals surface area contributed by atoms with Crippen molar-refractivity contribution in [2.45, 2.75) is 71.3 Å². The number of hydrogen-bond acceptors (Lipinski definition) is 4. The summed E-state index contributed by atoms with van der Waals surface area (Å²) >= 11 is 0. The van der Waals surface area contributed by atoms with Gasteiger partial charge in [0.2, 0.25) is 0 Å². The number of carbonyl (C=O) groups excluding carboxylic acids is 1. The van der Waals surface area contributed by atoms with Gasteiger partial charge in [0.05, 0.1) is 0 Å². The predicted molar refractivity (Wildman–Crippen MR) is 122 cm³/mol. The molecule has 0 N–H and O–H groups in total. The van der Waals surface area contributed by atoms with Gasteiger partial charge in [-0.25, -0.2) is 13.6 Å². The molecule has 0 saturated heterocycles. The quantitative estimate of drug-likeness (QED) is 0.367. The van der Waals surface area contributed by atoms with Crippen LogP contribution in [-0.4, -0.2) is 30.3 Å². The van der Waals surface area contributed by atoms with Crippen LogP contribution in [0, 0.1) is 28.6 Å². The first kappa shape index (κ1) is 22.5. The van der Waals surface area contributed by atoms with Crippen LogP contribution in [-0.2, 0) is 9.47 Å². The molecule has 6 atom stereocenters. The minimum Gasteiger partial charge on any atom is -0.431 e. The van der Waals surface area contributed by atoms with E-state index in [1.54, 1.807) is 0 Å². The van der Waals surface area contributed by atoms with Crippen molar-refractivity contribution >= 4 is 11.7 Å². The molecule has 1 heterocycles. The highest BCUT2D eigenvalue weighted by Gasteiger charge is 2.57. The van der Waals surface area contributed by atoms with Gasteiger partial charge < -0.3 is 9.47 Å².